The summed E-state index contributed by atoms with van der Waals surface area (Å²) in [4.78, 5) is 22.1. The molecule has 0 aromatic carbocycles. The van der Waals surface area contributed by atoms with Crippen LogP contribution >= 0.6 is 0 Å². The summed E-state index contributed by atoms with van der Waals surface area (Å²) in [5, 5.41) is 7.57. The standard InChI is InChI=1S/C7H11N3O2/c1-3-10-6(11)4-5(9-10)7(12)8-2/h3-4H2,1-2H3,(H,8,12). The molecule has 0 aromatic heterocycles. The molecule has 1 rings (SSSR count). The van der Waals surface area contributed by atoms with Gasteiger partial charge < -0.3 is 5.32 Å². The molecule has 1 aliphatic rings. The zero-order valence-electron chi connectivity index (χ0n) is 7.13. The van der Waals surface area contributed by atoms with Gasteiger partial charge in [-0.2, -0.15) is 5.10 Å². The summed E-state index contributed by atoms with van der Waals surface area (Å²) in [6.45, 7) is 2.33. The van der Waals surface area contributed by atoms with Crippen molar-refractivity contribution in [1.29, 1.82) is 0 Å². The topological polar surface area (TPSA) is 61.8 Å². The van der Waals surface area contributed by atoms with Crippen molar-refractivity contribution < 1.29 is 9.59 Å². The Kier molecular flexibility index (Phi) is 2.42. The molecule has 5 heteroatoms. The Hall–Kier alpha value is -1.39. The SMILES string of the molecule is CCN1N=C(C(=O)NC)CC1=O. The molecule has 0 atom stereocenters. The van der Waals surface area contributed by atoms with E-state index in [-0.39, 0.29) is 18.2 Å². The van der Waals surface area contributed by atoms with Gasteiger partial charge in [-0.15, -0.1) is 0 Å². The van der Waals surface area contributed by atoms with E-state index in [1.165, 1.54) is 12.1 Å². The molecule has 12 heavy (non-hydrogen) atoms. The van der Waals surface area contributed by atoms with Gasteiger partial charge in [-0.1, -0.05) is 0 Å². The number of hydrogen-bond donors (Lipinski definition) is 1. The van der Waals surface area contributed by atoms with Crippen molar-refractivity contribution in [2.24, 2.45) is 5.10 Å². The fraction of sp³-hybridized carbons (Fsp3) is 0.571. The molecule has 1 aliphatic heterocycles. The van der Waals surface area contributed by atoms with Crippen molar-refractivity contribution in [3.63, 3.8) is 0 Å². The first-order valence-corrected chi connectivity index (χ1v) is 3.79. The molecule has 1 N–H and O–H groups in total. The van der Waals surface area contributed by atoms with Crippen molar-refractivity contribution in [2.45, 2.75) is 13.3 Å². The Labute approximate surface area is 70.4 Å². The largest absolute Gasteiger partial charge is 0.354 e. The number of hydrogen-bond acceptors (Lipinski definition) is 3. The van der Waals surface area contributed by atoms with Crippen molar-refractivity contribution in [3.8, 4) is 0 Å². The first-order chi connectivity index (χ1) is 5.69. The highest BCUT2D eigenvalue weighted by atomic mass is 16.2. The van der Waals surface area contributed by atoms with E-state index in [1.54, 1.807) is 0 Å². The summed E-state index contributed by atoms with van der Waals surface area (Å²) < 4.78 is 0. The molecule has 0 aliphatic carbocycles. The number of nitrogens with zero attached hydrogens (tertiary/aromatic N) is 2. The Morgan fingerprint density at radius 3 is 2.83 bits per heavy atom. The zero-order valence-corrected chi connectivity index (χ0v) is 7.13. The number of carbonyl (C=O) groups excluding carboxylic acids is 2. The molecular weight excluding hydrogens is 158 g/mol. The Morgan fingerprint density at radius 1 is 1.75 bits per heavy atom. The molecule has 0 bridgehead atoms. The molecular formula is C7H11N3O2. The number of rotatable bonds is 2. The number of amides is 2. The van der Waals surface area contributed by atoms with Gasteiger partial charge in [0.25, 0.3) is 5.91 Å². The average molecular weight is 169 g/mol. The van der Waals surface area contributed by atoms with Crippen molar-refractivity contribution >= 4 is 17.5 Å². The third kappa shape index (κ3) is 1.44. The van der Waals surface area contributed by atoms with Gasteiger partial charge >= 0.3 is 0 Å². The molecule has 0 fully saturated rings. The van der Waals surface area contributed by atoms with Crippen LogP contribution in [0.2, 0.25) is 0 Å². The van der Waals surface area contributed by atoms with Gasteiger partial charge in [0.2, 0.25) is 5.91 Å². The molecule has 0 aromatic rings. The second kappa shape index (κ2) is 3.34. The number of hydrazone groups is 1. The minimum atomic E-state index is -0.278. The zero-order chi connectivity index (χ0) is 9.14. The monoisotopic (exact) mass is 169 g/mol. The molecule has 0 saturated heterocycles. The van der Waals surface area contributed by atoms with Gasteiger partial charge in [-0.05, 0) is 6.92 Å². The van der Waals surface area contributed by atoms with Gasteiger partial charge in [-0.3, -0.25) is 9.59 Å². The van der Waals surface area contributed by atoms with Crippen LogP contribution in [0, 0.1) is 0 Å². The predicted octanol–water partition coefficient (Wildman–Crippen LogP) is -0.659. The molecule has 0 saturated carbocycles. The minimum Gasteiger partial charge on any atom is -0.354 e. The number of nitrogens with one attached hydrogen (secondary N) is 1. The smallest absolute Gasteiger partial charge is 0.267 e. The molecule has 2 amide bonds. The Balaban J connectivity index is 2.71. The summed E-state index contributed by atoms with van der Waals surface area (Å²) >= 11 is 0. The van der Waals surface area contributed by atoms with Gasteiger partial charge in [0.05, 0.1) is 6.42 Å². The van der Waals surface area contributed by atoms with Crippen LogP contribution in [0.15, 0.2) is 5.10 Å². The van der Waals surface area contributed by atoms with Gasteiger partial charge in [-0.25, -0.2) is 5.01 Å². The quantitative estimate of drug-likeness (QED) is 0.596. The maximum Gasteiger partial charge on any atom is 0.267 e. The fourth-order valence-electron chi connectivity index (χ4n) is 0.988. The van der Waals surface area contributed by atoms with Crippen LogP contribution < -0.4 is 5.32 Å². The lowest BCUT2D eigenvalue weighted by Crippen LogP contribution is -2.26. The van der Waals surface area contributed by atoms with Crippen molar-refractivity contribution in [1.82, 2.24) is 10.3 Å². The highest BCUT2D eigenvalue weighted by molar-refractivity contribution is 6.43. The maximum absolute atomic E-state index is 11.1. The van der Waals surface area contributed by atoms with E-state index in [1.807, 2.05) is 6.92 Å². The predicted molar refractivity (Wildman–Crippen MR) is 43.5 cm³/mol. The van der Waals surface area contributed by atoms with E-state index in [9.17, 15) is 9.59 Å². The highest BCUT2D eigenvalue weighted by Crippen LogP contribution is 2.06. The molecule has 66 valence electrons. The molecule has 0 spiro atoms. The van der Waals surface area contributed by atoms with Crippen molar-refractivity contribution in [3.05, 3.63) is 0 Å². The van der Waals surface area contributed by atoms with E-state index < -0.39 is 0 Å². The third-order valence-corrected chi connectivity index (χ3v) is 1.64. The third-order valence-electron chi connectivity index (χ3n) is 1.64. The second-order valence-corrected chi connectivity index (χ2v) is 2.41. The highest BCUT2D eigenvalue weighted by Gasteiger charge is 2.26. The lowest BCUT2D eigenvalue weighted by molar-refractivity contribution is -0.128. The Morgan fingerprint density at radius 2 is 2.42 bits per heavy atom. The lowest BCUT2D eigenvalue weighted by atomic mass is 10.2. The lowest BCUT2D eigenvalue weighted by Gasteiger charge is -2.05. The van der Waals surface area contributed by atoms with Gasteiger partial charge in [0.1, 0.15) is 5.71 Å². The summed E-state index contributed by atoms with van der Waals surface area (Å²) in [6, 6.07) is 0. The summed E-state index contributed by atoms with van der Waals surface area (Å²) in [5.41, 5.74) is 0.296. The van der Waals surface area contributed by atoms with Crippen LogP contribution in [0.4, 0.5) is 0 Å². The summed E-state index contributed by atoms with van der Waals surface area (Å²) in [5.74, 6) is -0.393. The van der Waals surface area contributed by atoms with Crippen LogP contribution in [0.3, 0.4) is 0 Å². The molecule has 1 heterocycles. The van der Waals surface area contributed by atoms with E-state index >= 15 is 0 Å². The van der Waals surface area contributed by atoms with E-state index in [0.717, 1.165) is 0 Å². The summed E-state index contributed by atoms with van der Waals surface area (Å²) in [6.07, 6.45) is 0.119. The van der Waals surface area contributed by atoms with Crippen LogP contribution in [-0.4, -0.2) is 36.1 Å². The van der Waals surface area contributed by atoms with Crippen LogP contribution in [0.25, 0.3) is 0 Å². The van der Waals surface area contributed by atoms with E-state index in [2.05, 4.69) is 10.4 Å². The maximum atomic E-state index is 11.1. The van der Waals surface area contributed by atoms with Gasteiger partial charge in [0.15, 0.2) is 0 Å². The van der Waals surface area contributed by atoms with E-state index in [4.69, 9.17) is 0 Å². The summed E-state index contributed by atoms with van der Waals surface area (Å²) in [7, 11) is 1.52. The Bertz CT molecular complexity index is 247. The average Bonchev–Trinajstić information content (AvgIpc) is 2.45. The molecule has 5 nitrogen and oxygen atoms in total. The molecule has 0 unspecified atom stereocenters. The molecule has 0 radical (unpaired) electrons. The number of carbonyl (C=O) groups is 2. The van der Waals surface area contributed by atoms with E-state index in [0.29, 0.717) is 12.3 Å². The fourth-order valence-corrected chi connectivity index (χ4v) is 0.988. The van der Waals surface area contributed by atoms with Gasteiger partial charge in [0, 0.05) is 13.6 Å². The normalized spacial score (nSPS) is 16.3. The van der Waals surface area contributed by atoms with Crippen LogP contribution in [0.1, 0.15) is 13.3 Å². The van der Waals surface area contributed by atoms with Crippen LogP contribution in [0.5, 0.6) is 0 Å². The minimum absolute atomic E-state index is 0.115. The first-order valence-electron chi connectivity index (χ1n) is 3.79. The first kappa shape index (κ1) is 8.70. The van der Waals surface area contributed by atoms with Crippen molar-refractivity contribution in [2.75, 3.05) is 13.6 Å². The van der Waals surface area contributed by atoms with Crippen LogP contribution in [-0.2, 0) is 9.59 Å². The second-order valence-electron chi connectivity index (χ2n) is 2.41.